The zero-order valence-electron chi connectivity index (χ0n) is 15.4. The molecule has 0 saturated carbocycles. The van der Waals surface area contributed by atoms with Crippen molar-refractivity contribution in [2.45, 2.75) is 19.3 Å². The summed E-state index contributed by atoms with van der Waals surface area (Å²) in [7, 11) is 0. The molecule has 0 spiro atoms. The molecule has 0 radical (unpaired) electrons. The van der Waals surface area contributed by atoms with Gasteiger partial charge in [0, 0.05) is 0 Å². The van der Waals surface area contributed by atoms with Gasteiger partial charge in [-0.25, -0.2) is 0 Å². The summed E-state index contributed by atoms with van der Waals surface area (Å²) in [5, 5.41) is 3.32. The van der Waals surface area contributed by atoms with E-state index < -0.39 is 0 Å². The van der Waals surface area contributed by atoms with Gasteiger partial charge in [0.15, 0.2) is 0 Å². The summed E-state index contributed by atoms with van der Waals surface area (Å²) in [6.45, 7) is 1.11. The number of benzene rings is 3. The average Bonchev–Trinajstić information content (AvgIpc) is 2.89. The molecular formula is C24H24N2O. The third-order valence-corrected chi connectivity index (χ3v) is 5.09. The fraction of sp³-hybridized carbons (Fsp3) is 0.208. The van der Waals surface area contributed by atoms with Crippen LogP contribution in [0.4, 0.5) is 11.4 Å². The average molecular weight is 356 g/mol. The molecule has 1 N–H and O–H groups in total. The summed E-state index contributed by atoms with van der Waals surface area (Å²) < 4.78 is 0. The number of fused-ring (bicyclic) bond motifs is 2. The molecule has 1 heterocycles. The van der Waals surface area contributed by atoms with Gasteiger partial charge in [-0.3, -0.25) is 9.69 Å². The van der Waals surface area contributed by atoms with Crippen LogP contribution in [0, 0.1) is 0 Å². The van der Waals surface area contributed by atoms with Gasteiger partial charge in [0.2, 0.25) is 5.91 Å². The Morgan fingerprint density at radius 1 is 0.778 bits per heavy atom. The van der Waals surface area contributed by atoms with Gasteiger partial charge in [0.1, 0.15) is 0 Å². The monoisotopic (exact) mass is 356 g/mol. The van der Waals surface area contributed by atoms with E-state index in [1.54, 1.807) is 0 Å². The molecule has 3 nitrogen and oxygen atoms in total. The Morgan fingerprint density at radius 2 is 1.33 bits per heavy atom. The molecule has 3 aromatic rings. The summed E-state index contributed by atoms with van der Waals surface area (Å²) in [6.07, 6.45) is 2.83. The number of hydrogen-bond donors (Lipinski definition) is 1. The molecule has 1 aliphatic heterocycles. The highest BCUT2D eigenvalue weighted by Crippen LogP contribution is 2.35. The normalized spacial score (nSPS) is 12.8. The minimum atomic E-state index is 0.0878. The van der Waals surface area contributed by atoms with Crippen molar-refractivity contribution in [2.75, 3.05) is 18.0 Å². The van der Waals surface area contributed by atoms with E-state index in [0.717, 1.165) is 37.2 Å². The molecule has 136 valence electrons. The van der Waals surface area contributed by atoms with Crippen LogP contribution in [0.3, 0.4) is 0 Å². The Balaban J connectivity index is 1.50. The number of rotatable bonds is 5. The first-order valence-electron chi connectivity index (χ1n) is 9.56. The van der Waals surface area contributed by atoms with Crippen molar-refractivity contribution in [3.63, 3.8) is 0 Å². The first kappa shape index (κ1) is 17.5. The largest absolute Gasteiger partial charge is 0.308 e. The Morgan fingerprint density at radius 3 is 1.96 bits per heavy atom. The minimum absolute atomic E-state index is 0.0878. The molecule has 0 aliphatic carbocycles. The third-order valence-electron chi connectivity index (χ3n) is 5.09. The SMILES string of the molecule is O=C(CNCCc1ccccc1)N1c2ccccc2CCc2ccccc21. The molecule has 0 bridgehead atoms. The molecule has 27 heavy (non-hydrogen) atoms. The summed E-state index contributed by atoms with van der Waals surface area (Å²) in [6, 6.07) is 26.8. The van der Waals surface area contributed by atoms with Crippen LogP contribution in [0.5, 0.6) is 0 Å². The number of anilines is 2. The molecule has 1 amide bonds. The molecule has 3 aromatic carbocycles. The molecule has 0 saturated heterocycles. The van der Waals surface area contributed by atoms with Gasteiger partial charge < -0.3 is 5.32 Å². The number of nitrogens with one attached hydrogen (secondary N) is 1. The molecule has 1 aliphatic rings. The Labute approximate surface area is 160 Å². The Kier molecular flexibility index (Phi) is 5.31. The molecule has 4 rings (SSSR count). The van der Waals surface area contributed by atoms with Gasteiger partial charge in [-0.05, 0) is 54.6 Å². The quantitative estimate of drug-likeness (QED) is 0.692. The van der Waals surface area contributed by atoms with Crippen molar-refractivity contribution in [3.8, 4) is 0 Å². The van der Waals surface area contributed by atoms with Gasteiger partial charge in [0.05, 0.1) is 17.9 Å². The number of carbonyl (C=O) groups excluding carboxylic acids is 1. The molecule has 0 unspecified atom stereocenters. The molecule has 0 atom stereocenters. The Bertz CT molecular complexity index is 873. The van der Waals surface area contributed by atoms with Crippen LogP contribution in [-0.4, -0.2) is 19.0 Å². The number of carbonyl (C=O) groups is 1. The van der Waals surface area contributed by atoms with E-state index >= 15 is 0 Å². The van der Waals surface area contributed by atoms with E-state index in [1.807, 2.05) is 35.2 Å². The summed E-state index contributed by atoms with van der Waals surface area (Å²) >= 11 is 0. The third kappa shape index (κ3) is 3.93. The number of hydrogen-bond acceptors (Lipinski definition) is 2. The van der Waals surface area contributed by atoms with Crippen molar-refractivity contribution < 1.29 is 4.79 Å². The summed E-state index contributed by atoms with van der Waals surface area (Å²) in [5.74, 6) is 0.0878. The first-order valence-corrected chi connectivity index (χ1v) is 9.56. The molecule has 0 aromatic heterocycles. The van der Waals surface area contributed by atoms with Crippen LogP contribution in [0.25, 0.3) is 0 Å². The summed E-state index contributed by atoms with van der Waals surface area (Å²) in [5.41, 5.74) is 5.76. The predicted molar refractivity (Wildman–Crippen MR) is 110 cm³/mol. The highest BCUT2D eigenvalue weighted by molar-refractivity contribution is 6.03. The maximum Gasteiger partial charge on any atom is 0.245 e. The number of nitrogens with zero attached hydrogens (tertiary/aromatic N) is 1. The van der Waals surface area contributed by atoms with Crippen LogP contribution >= 0.6 is 0 Å². The van der Waals surface area contributed by atoms with Crippen LogP contribution in [0.1, 0.15) is 16.7 Å². The van der Waals surface area contributed by atoms with E-state index in [4.69, 9.17) is 0 Å². The zero-order chi connectivity index (χ0) is 18.5. The second kappa shape index (κ2) is 8.19. The van der Waals surface area contributed by atoms with E-state index in [9.17, 15) is 4.79 Å². The smallest absolute Gasteiger partial charge is 0.245 e. The van der Waals surface area contributed by atoms with Crippen LogP contribution < -0.4 is 10.2 Å². The minimum Gasteiger partial charge on any atom is -0.308 e. The van der Waals surface area contributed by atoms with Crippen LogP contribution in [0.2, 0.25) is 0 Å². The maximum atomic E-state index is 13.2. The standard InChI is InChI=1S/C24H24N2O/c27-24(18-25-17-16-19-8-2-1-3-9-19)26-22-12-6-4-10-20(22)14-15-21-11-5-7-13-23(21)26/h1-13,25H,14-18H2. The van der Waals surface area contributed by atoms with E-state index in [0.29, 0.717) is 6.54 Å². The fourth-order valence-electron chi connectivity index (χ4n) is 3.70. The van der Waals surface area contributed by atoms with E-state index in [2.05, 4.69) is 53.8 Å². The molecule has 3 heteroatoms. The first-order chi connectivity index (χ1) is 13.3. The highest BCUT2D eigenvalue weighted by Gasteiger charge is 2.24. The molecule has 0 fully saturated rings. The second-order valence-corrected chi connectivity index (χ2v) is 6.90. The van der Waals surface area contributed by atoms with Gasteiger partial charge >= 0.3 is 0 Å². The van der Waals surface area contributed by atoms with Crippen molar-refractivity contribution in [1.29, 1.82) is 0 Å². The topological polar surface area (TPSA) is 32.3 Å². The van der Waals surface area contributed by atoms with Crippen molar-refractivity contribution in [3.05, 3.63) is 95.6 Å². The maximum absolute atomic E-state index is 13.2. The van der Waals surface area contributed by atoms with Crippen LogP contribution in [-0.2, 0) is 24.1 Å². The van der Waals surface area contributed by atoms with Crippen molar-refractivity contribution >= 4 is 17.3 Å². The lowest BCUT2D eigenvalue weighted by Gasteiger charge is -2.25. The molecular weight excluding hydrogens is 332 g/mol. The Hall–Kier alpha value is -2.91. The lowest BCUT2D eigenvalue weighted by atomic mass is 10.0. The van der Waals surface area contributed by atoms with Crippen LogP contribution in [0.15, 0.2) is 78.9 Å². The number of amides is 1. The zero-order valence-corrected chi connectivity index (χ0v) is 15.4. The second-order valence-electron chi connectivity index (χ2n) is 6.90. The fourth-order valence-corrected chi connectivity index (χ4v) is 3.70. The lowest BCUT2D eigenvalue weighted by molar-refractivity contribution is -0.117. The lowest BCUT2D eigenvalue weighted by Crippen LogP contribution is -2.36. The van der Waals surface area contributed by atoms with Crippen molar-refractivity contribution in [1.82, 2.24) is 5.32 Å². The summed E-state index contributed by atoms with van der Waals surface area (Å²) in [4.78, 5) is 15.0. The van der Waals surface area contributed by atoms with Gasteiger partial charge in [0.25, 0.3) is 0 Å². The number of aryl methyl sites for hydroxylation is 2. The number of para-hydroxylation sites is 2. The van der Waals surface area contributed by atoms with Crippen molar-refractivity contribution in [2.24, 2.45) is 0 Å². The van der Waals surface area contributed by atoms with E-state index in [-0.39, 0.29) is 5.91 Å². The van der Waals surface area contributed by atoms with E-state index in [1.165, 1.54) is 16.7 Å². The van der Waals surface area contributed by atoms with Gasteiger partial charge in [-0.15, -0.1) is 0 Å². The highest BCUT2D eigenvalue weighted by atomic mass is 16.2. The van der Waals surface area contributed by atoms with Gasteiger partial charge in [-0.1, -0.05) is 66.7 Å². The van der Waals surface area contributed by atoms with Gasteiger partial charge in [-0.2, -0.15) is 0 Å². The predicted octanol–water partition coefficient (Wildman–Crippen LogP) is 4.28.